The summed E-state index contributed by atoms with van der Waals surface area (Å²) in [6, 6.07) is 0. The summed E-state index contributed by atoms with van der Waals surface area (Å²) < 4.78 is 0. The quantitative estimate of drug-likeness (QED) is 0.757. The molecule has 2 saturated carbocycles. The third-order valence-corrected chi connectivity index (χ3v) is 7.26. The van der Waals surface area contributed by atoms with Gasteiger partial charge in [0.2, 0.25) is 0 Å². The monoisotopic (exact) mass is 312 g/mol. The Labute approximate surface area is 137 Å². The van der Waals surface area contributed by atoms with Crippen molar-refractivity contribution in [2.45, 2.75) is 45.6 Å². The number of ketones is 1. The average Bonchev–Trinajstić information content (AvgIpc) is 2.83. The first-order chi connectivity index (χ1) is 10.9. The molecule has 0 aromatic rings. The van der Waals surface area contributed by atoms with E-state index in [0.29, 0.717) is 18.3 Å². The molecular formula is C20H24O3. The van der Waals surface area contributed by atoms with Crippen LogP contribution in [0.2, 0.25) is 0 Å². The zero-order valence-corrected chi connectivity index (χ0v) is 13.8. The second-order valence-electron chi connectivity index (χ2n) is 8.22. The Morgan fingerprint density at radius 1 is 1.35 bits per heavy atom. The number of aliphatic hydroxyl groups is 1. The summed E-state index contributed by atoms with van der Waals surface area (Å²) in [6.45, 7) is 4.33. The molecule has 0 bridgehead atoms. The van der Waals surface area contributed by atoms with E-state index in [1.54, 1.807) is 12.2 Å². The molecule has 0 radical (unpaired) electrons. The van der Waals surface area contributed by atoms with Crippen LogP contribution >= 0.6 is 0 Å². The summed E-state index contributed by atoms with van der Waals surface area (Å²) >= 11 is 0. The number of carbonyl (C=O) groups is 2. The van der Waals surface area contributed by atoms with Crippen LogP contribution in [0, 0.1) is 28.6 Å². The molecule has 0 aliphatic heterocycles. The van der Waals surface area contributed by atoms with Crippen LogP contribution < -0.4 is 0 Å². The maximum Gasteiger partial charge on any atom is 0.178 e. The lowest BCUT2D eigenvalue weighted by Gasteiger charge is -2.58. The maximum absolute atomic E-state index is 11.7. The van der Waals surface area contributed by atoms with E-state index < -0.39 is 6.10 Å². The van der Waals surface area contributed by atoms with Gasteiger partial charge in [-0.1, -0.05) is 31.6 Å². The first-order valence-electron chi connectivity index (χ1n) is 8.68. The number of carbonyl (C=O) groups excluding carboxylic acids is 2. The van der Waals surface area contributed by atoms with Gasteiger partial charge >= 0.3 is 0 Å². The standard InChI is InChI=1S/C20H24O3/c1-19-8-7-14(22)9-12(19)3-5-15-16-6-4-13(11-21)20(16,2)10-17(23)18(15)19/h4,7-9,11,15-18,23H,3,5-6,10H2,1-2H3/t15?,16?,17?,18?,19-,20+/m0/s1. The molecule has 0 saturated heterocycles. The van der Waals surface area contributed by atoms with Crippen molar-refractivity contribution in [2.75, 3.05) is 0 Å². The van der Waals surface area contributed by atoms with Crippen molar-refractivity contribution >= 4 is 12.1 Å². The van der Waals surface area contributed by atoms with E-state index in [4.69, 9.17) is 0 Å². The van der Waals surface area contributed by atoms with Crippen LogP contribution in [0.1, 0.15) is 39.5 Å². The molecule has 4 rings (SSSR count). The van der Waals surface area contributed by atoms with Crippen molar-refractivity contribution in [2.24, 2.45) is 28.6 Å². The molecule has 0 amide bonds. The van der Waals surface area contributed by atoms with E-state index in [-0.39, 0.29) is 22.5 Å². The highest BCUT2D eigenvalue weighted by Crippen LogP contribution is 2.64. The van der Waals surface area contributed by atoms with Crippen LogP contribution in [0.4, 0.5) is 0 Å². The van der Waals surface area contributed by atoms with Crippen LogP contribution in [0.5, 0.6) is 0 Å². The molecule has 122 valence electrons. The Hall–Kier alpha value is -1.48. The predicted octanol–water partition coefficient (Wildman–Crippen LogP) is 3.00. The summed E-state index contributed by atoms with van der Waals surface area (Å²) in [5.74, 6) is 1.04. The third-order valence-electron chi connectivity index (χ3n) is 7.26. The van der Waals surface area contributed by atoms with E-state index in [2.05, 4.69) is 19.9 Å². The van der Waals surface area contributed by atoms with Crippen LogP contribution in [-0.4, -0.2) is 23.3 Å². The molecule has 0 aromatic carbocycles. The minimum Gasteiger partial charge on any atom is -0.393 e. The number of aliphatic hydroxyl groups excluding tert-OH is 1. The molecule has 0 spiro atoms. The fourth-order valence-corrected chi connectivity index (χ4v) is 6.11. The normalized spacial score (nSPS) is 48.0. The highest BCUT2D eigenvalue weighted by atomic mass is 16.3. The molecule has 3 heteroatoms. The van der Waals surface area contributed by atoms with Gasteiger partial charge in [-0.2, -0.15) is 0 Å². The van der Waals surface area contributed by atoms with E-state index >= 15 is 0 Å². The van der Waals surface area contributed by atoms with Gasteiger partial charge in [0.1, 0.15) is 6.29 Å². The first kappa shape index (κ1) is 15.1. The summed E-state index contributed by atoms with van der Waals surface area (Å²) in [4.78, 5) is 23.2. The largest absolute Gasteiger partial charge is 0.393 e. The average molecular weight is 312 g/mol. The smallest absolute Gasteiger partial charge is 0.178 e. The van der Waals surface area contributed by atoms with Crippen molar-refractivity contribution in [1.82, 2.24) is 0 Å². The minimum absolute atomic E-state index is 0.0665. The molecule has 0 heterocycles. The zero-order valence-electron chi connectivity index (χ0n) is 13.8. The van der Waals surface area contributed by atoms with Crippen molar-refractivity contribution in [1.29, 1.82) is 0 Å². The lowest BCUT2D eigenvalue weighted by molar-refractivity contribution is -0.115. The van der Waals surface area contributed by atoms with E-state index in [0.717, 1.165) is 31.1 Å². The fraction of sp³-hybridized carbons (Fsp3) is 0.600. The van der Waals surface area contributed by atoms with Gasteiger partial charge in [0, 0.05) is 16.7 Å². The molecule has 6 atom stereocenters. The topological polar surface area (TPSA) is 54.4 Å². The van der Waals surface area contributed by atoms with Crippen LogP contribution in [0.15, 0.2) is 35.5 Å². The summed E-state index contributed by atoms with van der Waals surface area (Å²) in [6.07, 6.45) is 11.6. The van der Waals surface area contributed by atoms with Gasteiger partial charge in [0.25, 0.3) is 0 Å². The fourth-order valence-electron chi connectivity index (χ4n) is 6.11. The second-order valence-corrected chi connectivity index (χ2v) is 8.22. The van der Waals surface area contributed by atoms with Gasteiger partial charge in [-0.3, -0.25) is 9.59 Å². The summed E-state index contributed by atoms with van der Waals surface area (Å²) in [5.41, 5.74) is 1.65. The molecule has 4 unspecified atom stereocenters. The van der Waals surface area contributed by atoms with Gasteiger partial charge < -0.3 is 5.11 Å². The molecule has 23 heavy (non-hydrogen) atoms. The van der Waals surface area contributed by atoms with Gasteiger partial charge in [-0.25, -0.2) is 0 Å². The number of hydrogen-bond acceptors (Lipinski definition) is 3. The number of rotatable bonds is 1. The molecule has 4 aliphatic carbocycles. The molecule has 0 aromatic heterocycles. The SMILES string of the molecule is C[C@]12C=CC(=O)C=C1CCC1C2C(O)C[C@]2(C)C(C=O)=CCC12. The van der Waals surface area contributed by atoms with Gasteiger partial charge in [0.15, 0.2) is 5.78 Å². The van der Waals surface area contributed by atoms with Gasteiger partial charge in [0.05, 0.1) is 6.10 Å². The maximum atomic E-state index is 11.7. The van der Waals surface area contributed by atoms with Crippen LogP contribution in [0.25, 0.3) is 0 Å². The molecule has 4 aliphatic rings. The Kier molecular flexibility index (Phi) is 3.12. The Morgan fingerprint density at radius 2 is 2.13 bits per heavy atom. The Bertz CT molecular complexity index is 670. The highest BCUT2D eigenvalue weighted by molar-refractivity contribution is 6.01. The first-order valence-corrected chi connectivity index (χ1v) is 8.68. The molecular weight excluding hydrogens is 288 g/mol. The van der Waals surface area contributed by atoms with Crippen LogP contribution in [0.3, 0.4) is 0 Å². The van der Waals surface area contributed by atoms with Crippen molar-refractivity contribution in [3.8, 4) is 0 Å². The van der Waals surface area contributed by atoms with Crippen molar-refractivity contribution in [3.05, 3.63) is 35.5 Å². The Morgan fingerprint density at radius 3 is 2.87 bits per heavy atom. The highest BCUT2D eigenvalue weighted by Gasteiger charge is 2.59. The number of fused-ring (bicyclic) bond motifs is 5. The van der Waals surface area contributed by atoms with Crippen molar-refractivity contribution in [3.63, 3.8) is 0 Å². The zero-order chi connectivity index (χ0) is 16.4. The lowest BCUT2D eigenvalue weighted by atomic mass is 9.47. The van der Waals surface area contributed by atoms with Crippen molar-refractivity contribution < 1.29 is 14.7 Å². The summed E-state index contributed by atoms with van der Waals surface area (Å²) in [5, 5.41) is 11.0. The number of aldehydes is 1. The summed E-state index contributed by atoms with van der Waals surface area (Å²) in [7, 11) is 0. The molecule has 3 nitrogen and oxygen atoms in total. The van der Waals surface area contributed by atoms with E-state index in [9.17, 15) is 14.7 Å². The van der Waals surface area contributed by atoms with Gasteiger partial charge in [-0.05, 0) is 55.2 Å². The van der Waals surface area contributed by atoms with E-state index in [1.165, 1.54) is 5.57 Å². The third kappa shape index (κ3) is 1.86. The molecule has 2 fully saturated rings. The second kappa shape index (κ2) is 4.76. The number of allylic oxidation sites excluding steroid dienone is 6. The Balaban J connectivity index is 1.75. The lowest BCUT2D eigenvalue weighted by Crippen LogP contribution is -2.55. The number of hydrogen-bond donors (Lipinski definition) is 1. The molecule has 1 N–H and O–H groups in total. The van der Waals surface area contributed by atoms with Gasteiger partial charge in [-0.15, -0.1) is 0 Å². The van der Waals surface area contributed by atoms with E-state index in [1.807, 2.05) is 6.08 Å². The minimum atomic E-state index is -0.436. The predicted molar refractivity (Wildman–Crippen MR) is 87.5 cm³/mol. The van der Waals surface area contributed by atoms with Crippen LogP contribution in [-0.2, 0) is 9.59 Å².